The number of ketones is 1. The Morgan fingerprint density at radius 2 is 1.78 bits per heavy atom. The predicted molar refractivity (Wildman–Crippen MR) is 91.9 cm³/mol. The van der Waals surface area contributed by atoms with Gasteiger partial charge >= 0.3 is 0 Å². The van der Waals surface area contributed by atoms with Crippen molar-refractivity contribution >= 4 is 5.78 Å². The summed E-state index contributed by atoms with van der Waals surface area (Å²) in [4.78, 5) is 12.2. The second-order valence-corrected chi connectivity index (χ2v) is 9.78. The maximum absolute atomic E-state index is 12.2. The highest BCUT2D eigenvalue weighted by atomic mass is 16.3. The maximum Gasteiger partial charge on any atom is 0.158 e. The summed E-state index contributed by atoms with van der Waals surface area (Å²) in [5.41, 5.74) is 1.28. The lowest BCUT2D eigenvalue weighted by atomic mass is 9.46. The van der Waals surface area contributed by atoms with Crippen LogP contribution in [-0.2, 0) is 4.79 Å². The van der Waals surface area contributed by atoms with Crippen molar-refractivity contribution in [3.05, 3.63) is 11.6 Å². The molecular formula is C21H32O2. The van der Waals surface area contributed by atoms with Gasteiger partial charge in [0.2, 0.25) is 0 Å². The van der Waals surface area contributed by atoms with Crippen molar-refractivity contribution in [2.24, 2.45) is 34.5 Å². The molecule has 0 spiro atoms. The van der Waals surface area contributed by atoms with E-state index < -0.39 is 5.60 Å². The average molecular weight is 316 g/mol. The number of carbonyl (C=O) groups excluding carboxylic acids is 1. The summed E-state index contributed by atoms with van der Waals surface area (Å²) >= 11 is 0. The van der Waals surface area contributed by atoms with E-state index in [0.29, 0.717) is 17.6 Å². The average Bonchev–Trinajstić information content (AvgIpc) is 2.71. The molecule has 0 heterocycles. The van der Waals surface area contributed by atoms with Crippen molar-refractivity contribution < 1.29 is 9.90 Å². The van der Waals surface area contributed by atoms with Crippen LogP contribution in [0.1, 0.15) is 72.6 Å². The standard InChI is InChI=1S/C21H32O2/c1-13-12-19(2)14(11-18(13)22)5-6-15-16(19)7-9-20(3)17(15)8-10-21(20,4)23/h11,13,15-17,23H,5-10,12H2,1-4H3/t13-,15-,16+,17+,19+,20+,21+/m1/s1. The Bertz CT molecular complexity index is 574. The Morgan fingerprint density at radius 1 is 1.09 bits per heavy atom. The number of carbonyl (C=O) groups is 1. The largest absolute Gasteiger partial charge is 0.390 e. The fraction of sp³-hybridized carbons (Fsp3) is 0.857. The highest BCUT2D eigenvalue weighted by molar-refractivity contribution is 5.93. The summed E-state index contributed by atoms with van der Waals surface area (Å²) in [5, 5.41) is 11.0. The molecule has 0 unspecified atom stereocenters. The fourth-order valence-corrected chi connectivity index (χ4v) is 7.14. The van der Waals surface area contributed by atoms with Gasteiger partial charge in [0.1, 0.15) is 0 Å². The minimum Gasteiger partial charge on any atom is -0.390 e. The zero-order valence-corrected chi connectivity index (χ0v) is 15.2. The summed E-state index contributed by atoms with van der Waals surface area (Å²) in [7, 11) is 0. The van der Waals surface area contributed by atoms with Gasteiger partial charge in [-0.25, -0.2) is 0 Å². The van der Waals surface area contributed by atoms with Gasteiger partial charge in [0, 0.05) is 5.92 Å². The van der Waals surface area contributed by atoms with Crippen LogP contribution in [0.2, 0.25) is 0 Å². The van der Waals surface area contributed by atoms with Gasteiger partial charge in [0.15, 0.2) is 5.78 Å². The molecule has 128 valence electrons. The molecule has 3 fully saturated rings. The van der Waals surface area contributed by atoms with Crippen LogP contribution in [0.4, 0.5) is 0 Å². The molecule has 0 aromatic carbocycles. The number of fused-ring (bicyclic) bond motifs is 5. The topological polar surface area (TPSA) is 37.3 Å². The molecule has 0 aromatic rings. The molecule has 23 heavy (non-hydrogen) atoms. The van der Waals surface area contributed by atoms with Crippen LogP contribution < -0.4 is 0 Å². The Balaban J connectivity index is 1.70. The molecule has 4 rings (SSSR count). The lowest BCUT2D eigenvalue weighted by Crippen LogP contribution is -2.54. The van der Waals surface area contributed by atoms with Crippen molar-refractivity contribution in [2.75, 3.05) is 0 Å². The van der Waals surface area contributed by atoms with Crippen LogP contribution in [0.3, 0.4) is 0 Å². The highest BCUT2D eigenvalue weighted by Crippen LogP contribution is 2.67. The van der Waals surface area contributed by atoms with Gasteiger partial charge in [-0.2, -0.15) is 0 Å². The van der Waals surface area contributed by atoms with E-state index in [2.05, 4.69) is 27.7 Å². The van der Waals surface area contributed by atoms with Gasteiger partial charge in [0.25, 0.3) is 0 Å². The molecule has 0 bridgehead atoms. The molecule has 2 nitrogen and oxygen atoms in total. The molecular weight excluding hydrogens is 284 g/mol. The third kappa shape index (κ3) is 1.94. The molecule has 0 aromatic heterocycles. The van der Waals surface area contributed by atoms with Crippen LogP contribution >= 0.6 is 0 Å². The first-order chi connectivity index (χ1) is 10.7. The SMILES string of the molecule is C[C@@H]1C[C@@]2(C)C(=CC1=O)CC[C@@H]1[C@@H]2CC[C@@]2(C)[C@H]1CC[C@]2(C)O. The van der Waals surface area contributed by atoms with Crippen molar-refractivity contribution in [1.82, 2.24) is 0 Å². The first kappa shape index (κ1) is 15.9. The van der Waals surface area contributed by atoms with Crippen molar-refractivity contribution in [3.63, 3.8) is 0 Å². The Hall–Kier alpha value is -0.630. The maximum atomic E-state index is 12.2. The van der Waals surface area contributed by atoms with Crippen LogP contribution in [0.25, 0.3) is 0 Å². The number of hydrogen-bond donors (Lipinski definition) is 1. The van der Waals surface area contributed by atoms with Crippen molar-refractivity contribution in [3.8, 4) is 0 Å². The van der Waals surface area contributed by atoms with Crippen molar-refractivity contribution in [1.29, 1.82) is 0 Å². The first-order valence-electron chi connectivity index (χ1n) is 9.66. The van der Waals surface area contributed by atoms with Gasteiger partial charge in [0.05, 0.1) is 5.60 Å². The summed E-state index contributed by atoms with van der Waals surface area (Å²) in [6, 6.07) is 0. The van der Waals surface area contributed by atoms with E-state index in [4.69, 9.17) is 0 Å². The second-order valence-electron chi connectivity index (χ2n) is 9.78. The molecule has 1 N–H and O–H groups in total. The van der Waals surface area contributed by atoms with Crippen LogP contribution in [-0.4, -0.2) is 16.5 Å². The van der Waals surface area contributed by atoms with Crippen LogP contribution in [0.15, 0.2) is 11.6 Å². The van der Waals surface area contributed by atoms with E-state index in [0.717, 1.165) is 31.6 Å². The summed E-state index contributed by atoms with van der Waals surface area (Å²) in [5.74, 6) is 2.65. The molecule has 0 amide bonds. The van der Waals surface area contributed by atoms with Gasteiger partial charge in [-0.15, -0.1) is 0 Å². The van der Waals surface area contributed by atoms with Crippen LogP contribution in [0, 0.1) is 34.5 Å². The zero-order chi connectivity index (χ0) is 16.6. The lowest BCUT2D eigenvalue weighted by molar-refractivity contribution is -0.128. The number of aliphatic hydroxyl groups is 1. The van der Waals surface area contributed by atoms with E-state index in [1.165, 1.54) is 24.8 Å². The molecule has 0 radical (unpaired) electrons. The smallest absolute Gasteiger partial charge is 0.158 e. The quantitative estimate of drug-likeness (QED) is 0.713. The summed E-state index contributed by atoms with van der Waals surface area (Å²) < 4.78 is 0. The van der Waals surface area contributed by atoms with Gasteiger partial charge < -0.3 is 5.11 Å². The molecule has 0 aliphatic heterocycles. The summed E-state index contributed by atoms with van der Waals surface area (Å²) in [6.07, 6.45) is 9.90. The molecule has 4 aliphatic carbocycles. The Labute approximate surface area is 140 Å². The Morgan fingerprint density at radius 3 is 2.52 bits per heavy atom. The monoisotopic (exact) mass is 316 g/mol. The van der Waals surface area contributed by atoms with Gasteiger partial charge in [-0.1, -0.05) is 26.3 Å². The number of hydrogen-bond acceptors (Lipinski definition) is 2. The molecule has 3 saturated carbocycles. The van der Waals surface area contributed by atoms with E-state index in [-0.39, 0.29) is 16.7 Å². The highest BCUT2D eigenvalue weighted by Gasteiger charge is 2.62. The van der Waals surface area contributed by atoms with Gasteiger partial charge in [-0.05, 0) is 86.5 Å². The minimum atomic E-state index is -0.491. The molecule has 4 aliphatic rings. The number of allylic oxidation sites excluding steroid dienone is 1. The third-order valence-corrected chi connectivity index (χ3v) is 8.83. The zero-order valence-electron chi connectivity index (χ0n) is 15.2. The molecule has 7 atom stereocenters. The van der Waals surface area contributed by atoms with E-state index in [1.807, 2.05) is 6.08 Å². The van der Waals surface area contributed by atoms with E-state index >= 15 is 0 Å². The van der Waals surface area contributed by atoms with E-state index in [1.54, 1.807) is 0 Å². The van der Waals surface area contributed by atoms with Gasteiger partial charge in [-0.3, -0.25) is 4.79 Å². The second kappa shape index (κ2) is 4.71. The minimum absolute atomic E-state index is 0.0991. The molecule has 0 saturated heterocycles. The predicted octanol–water partition coefficient (Wildman–Crippen LogP) is 4.52. The summed E-state index contributed by atoms with van der Waals surface area (Å²) in [6.45, 7) is 8.97. The third-order valence-electron chi connectivity index (χ3n) is 8.83. The van der Waals surface area contributed by atoms with Crippen LogP contribution in [0.5, 0.6) is 0 Å². The lowest BCUT2D eigenvalue weighted by Gasteiger charge is -2.59. The number of rotatable bonds is 0. The fourth-order valence-electron chi connectivity index (χ4n) is 7.14. The normalized spacial score (nSPS) is 55.7. The van der Waals surface area contributed by atoms with Crippen molar-refractivity contribution in [2.45, 2.75) is 78.2 Å². The van der Waals surface area contributed by atoms with E-state index in [9.17, 15) is 9.90 Å². The molecule has 2 heteroatoms. The Kier molecular flexibility index (Phi) is 3.25. The first-order valence-corrected chi connectivity index (χ1v) is 9.66.